The Morgan fingerprint density at radius 3 is 2.28 bits per heavy atom. The molecule has 2 aromatic carbocycles. The molecule has 0 amide bonds. The Balaban J connectivity index is 1.80. The van der Waals surface area contributed by atoms with Gasteiger partial charge in [0.05, 0.1) is 27.9 Å². The maximum Gasteiger partial charge on any atom is 0.229 e. The molecule has 4 rings (SSSR count). The van der Waals surface area contributed by atoms with E-state index < -0.39 is 42.7 Å². The van der Waals surface area contributed by atoms with Gasteiger partial charge in [0.2, 0.25) is 12.0 Å². The molecule has 3 aromatic rings. The molecule has 0 radical (unpaired) electrons. The molecule has 1 saturated heterocycles. The molecular formula is C24H26O12. The fourth-order valence-corrected chi connectivity index (χ4v) is 3.96. The number of phenolic OH excluding ortho intramolecular Hbond substituents is 1. The van der Waals surface area contributed by atoms with Crippen LogP contribution in [0, 0.1) is 0 Å². The lowest BCUT2D eigenvalue weighted by atomic mass is 9.99. The SMILES string of the molecule is COc1cc(O[C@@H]2OC(CO)[C@@H](O)[C@H](O)C2O)c2c(=O)cc(-c3cc(O)c(OC)c(OC)c3)oc2c1. The van der Waals surface area contributed by atoms with E-state index in [0.717, 1.165) is 0 Å². The third kappa shape index (κ3) is 4.52. The topological polar surface area (TPSA) is 178 Å². The normalized spacial score (nSPS) is 23.9. The number of aliphatic hydroxyl groups is 4. The van der Waals surface area contributed by atoms with Crippen molar-refractivity contribution in [3.05, 3.63) is 40.6 Å². The largest absolute Gasteiger partial charge is 0.504 e. The number of rotatable bonds is 7. The number of fused-ring (bicyclic) bond motifs is 1. The van der Waals surface area contributed by atoms with Crippen molar-refractivity contribution in [1.29, 1.82) is 0 Å². The molecule has 0 saturated carbocycles. The Morgan fingerprint density at radius 2 is 1.64 bits per heavy atom. The summed E-state index contributed by atoms with van der Waals surface area (Å²) < 4.78 is 32.7. The highest BCUT2D eigenvalue weighted by molar-refractivity contribution is 5.86. The third-order valence-corrected chi connectivity index (χ3v) is 5.84. The number of phenols is 1. The van der Waals surface area contributed by atoms with E-state index in [-0.39, 0.29) is 45.5 Å². The van der Waals surface area contributed by atoms with E-state index in [4.69, 9.17) is 28.1 Å². The Labute approximate surface area is 204 Å². The molecule has 1 fully saturated rings. The van der Waals surface area contributed by atoms with Crippen molar-refractivity contribution < 1.29 is 53.6 Å². The van der Waals surface area contributed by atoms with Gasteiger partial charge in [0.15, 0.2) is 16.9 Å². The van der Waals surface area contributed by atoms with Gasteiger partial charge in [-0.15, -0.1) is 0 Å². The highest BCUT2D eigenvalue weighted by atomic mass is 16.7. The molecule has 0 spiro atoms. The van der Waals surface area contributed by atoms with Crippen molar-refractivity contribution in [2.75, 3.05) is 27.9 Å². The summed E-state index contributed by atoms with van der Waals surface area (Å²) in [7, 11) is 4.15. The Morgan fingerprint density at radius 1 is 0.889 bits per heavy atom. The number of hydrogen-bond acceptors (Lipinski definition) is 12. The maximum atomic E-state index is 13.2. The van der Waals surface area contributed by atoms with E-state index in [1.807, 2.05) is 0 Å². The van der Waals surface area contributed by atoms with Gasteiger partial charge < -0.3 is 53.6 Å². The molecule has 5 N–H and O–H groups in total. The Hall–Kier alpha value is -3.55. The summed E-state index contributed by atoms with van der Waals surface area (Å²) in [6.07, 6.45) is -7.66. The predicted molar refractivity (Wildman–Crippen MR) is 124 cm³/mol. The molecule has 2 heterocycles. The number of aliphatic hydroxyl groups excluding tert-OH is 4. The molecule has 2 unspecified atom stereocenters. The average molecular weight is 506 g/mol. The van der Waals surface area contributed by atoms with E-state index >= 15 is 0 Å². The first-order chi connectivity index (χ1) is 17.2. The van der Waals surface area contributed by atoms with Gasteiger partial charge in [0.25, 0.3) is 0 Å². The van der Waals surface area contributed by atoms with Crippen LogP contribution in [0.25, 0.3) is 22.3 Å². The van der Waals surface area contributed by atoms with Gasteiger partial charge in [0, 0.05) is 23.8 Å². The lowest BCUT2D eigenvalue weighted by molar-refractivity contribution is -0.277. The van der Waals surface area contributed by atoms with E-state index in [0.29, 0.717) is 5.56 Å². The molecular weight excluding hydrogens is 480 g/mol. The summed E-state index contributed by atoms with van der Waals surface area (Å²) in [6, 6.07) is 6.85. The van der Waals surface area contributed by atoms with Crippen molar-refractivity contribution in [1.82, 2.24) is 0 Å². The van der Waals surface area contributed by atoms with Crippen LogP contribution in [0.3, 0.4) is 0 Å². The highest BCUT2D eigenvalue weighted by Crippen LogP contribution is 2.41. The summed E-state index contributed by atoms with van der Waals surface area (Å²) in [5, 5.41) is 50.1. The molecule has 12 nitrogen and oxygen atoms in total. The van der Waals surface area contributed by atoms with E-state index in [9.17, 15) is 30.3 Å². The maximum absolute atomic E-state index is 13.2. The minimum Gasteiger partial charge on any atom is -0.504 e. The van der Waals surface area contributed by atoms with Crippen LogP contribution in [0.2, 0.25) is 0 Å². The number of methoxy groups -OCH3 is 3. The molecule has 12 heteroatoms. The predicted octanol–water partition coefficient (Wildman–Crippen LogP) is 0.370. The molecule has 1 aromatic heterocycles. The first-order valence-corrected chi connectivity index (χ1v) is 10.8. The van der Waals surface area contributed by atoms with E-state index in [1.165, 1.54) is 51.7 Å². The van der Waals surface area contributed by atoms with Crippen LogP contribution in [0.5, 0.6) is 28.7 Å². The van der Waals surface area contributed by atoms with Crippen LogP contribution in [0.15, 0.2) is 39.5 Å². The number of ether oxygens (including phenoxy) is 5. The van der Waals surface area contributed by atoms with Gasteiger partial charge in [-0.2, -0.15) is 0 Å². The summed E-state index contributed by atoms with van der Waals surface area (Å²) in [6.45, 7) is -0.646. The minimum absolute atomic E-state index is 0.0267. The molecule has 1 aliphatic heterocycles. The van der Waals surface area contributed by atoms with Crippen molar-refractivity contribution in [3.8, 4) is 40.1 Å². The fraction of sp³-hybridized carbons (Fsp3) is 0.375. The van der Waals surface area contributed by atoms with Crippen molar-refractivity contribution in [2.45, 2.75) is 30.7 Å². The zero-order valence-electron chi connectivity index (χ0n) is 19.6. The highest BCUT2D eigenvalue weighted by Gasteiger charge is 2.45. The standard InChI is InChI=1S/C24H26O12/c1-31-11-6-15-19(16(7-11)35-24-22(30)21(29)20(28)18(9-25)36-24)12(26)8-14(34-15)10-4-13(27)23(33-3)17(5-10)32-2/h4-8,18,20-22,24-25,27-30H,9H2,1-3H3/t18?,20-,21+,22?,24-/m1/s1. The number of aromatic hydroxyl groups is 1. The molecule has 5 atom stereocenters. The van der Waals surface area contributed by atoms with Crippen molar-refractivity contribution in [2.24, 2.45) is 0 Å². The van der Waals surface area contributed by atoms with Crippen LogP contribution in [-0.2, 0) is 4.74 Å². The lowest BCUT2D eigenvalue weighted by Gasteiger charge is -2.39. The number of benzene rings is 2. The molecule has 0 aliphatic carbocycles. The molecule has 0 bridgehead atoms. The second-order valence-corrected chi connectivity index (χ2v) is 8.02. The van der Waals surface area contributed by atoms with Crippen LogP contribution in [0.4, 0.5) is 0 Å². The monoisotopic (exact) mass is 506 g/mol. The van der Waals surface area contributed by atoms with Crippen LogP contribution in [0.1, 0.15) is 0 Å². The zero-order chi connectivity index (χ0) is 26.1. The molecule has 194 valence electrons. The van der Waals surface area contributed by atoms with Crippen LogP contribution >= 0.6 is 0 Å². The Bertz CT molecular complexity index is 1300. The first-order valence-electron chi connectivity index (χ1n) is 10.8. The second-order valence-electron chi connectivity index (χ2n) is 8.02. The van der Waals surface area contributed by atoms with Crippen LogP contribution < -0.4 is 24.4 Å². The van der Waals surface area contributed by atoms with E-state index in [2.05, 4.69) is 0 Å². The second kappa shape index (κ2) is 10.2. The van der Waals surface area contributed by atoms with Gasteiger partial charge in [-0.05, 0) is 12.1 Å². The first kappa shape index (κ1) is 25.5. The summed E-state index contributed by atoms with van der Waals surface area (Å²) in [4.78, 5) is 13.2. The molecule has 1 aliphatic rings. The smallest absolute Gasteiger partial charge is 0.229 e. The summed E-state index contributed by atoms with van der Waals surface area (Å²) >= 11 is 0. The fourth-order valence-electron chi connectivity index (χ4n) is 3.96. The average Bonchev–Trinajstić information content (AvgIpc) is 2.87. The Kier molecular flexibility index (Phi) is 7.24. The third-order valence-electron chi connectivity index (χ3n) is 5.84. The minimum atomic E-state index is -1.69. The van der Waals surface area contributed by atoms with Crippen molar-refractivity contribution >= 4 is 11.0 Å². The van der Waals surface area contributed by atoms with Gasteiger partial charge in [-0.25, -0.2) is 0 Å². The summed E-state index contributed by atoms with van der Waals surface area (Å²) in [5.74, 6) is 0.332. The number of hydrogen-bond donors (Lipinski definition) is 5. The quantitative estimate of drug-likeness (QED) is 0.298. The molecule has 36 heavy (non-hydrogen) atoms. The van der Waals surface area contributed by atoms with Gasteiger partial charge in [0.1, 0.15) is 52.6 Å². The van der Waals surface area contributed by atoms with Crippen molar-refractivity contribution in [3.63, 3.8) is 0 Å². The van der Waals surface area contributed by atoms with E-state index in [1.54, 1.807) is 0 Å². The van der Waals surface area contributed by atoms with Gasteiger partial charge in [-0.3, -0.25) is 4.79 Å². The van der Waals surface area contributed by atoms with Crippen LogP contribution in [-0.4, -0.2) is 84.2 Å². The van der Waals surface area contributed by atoms with Gasteiger partial charge >= 0.3 is 0 Å². The van der Waals surface area contributed by atoms with Gasteiger partial charge in [-0.1, -0.05) is 0 Å². The lowest BCUT2D eigenvalue weighted by Crippen LogP contribution is -2.60. The summed E-state index contributed by atoms with van der Waals surface area (Å²) in [5.41, 5.74) is -0.170. The zero-order valence-corrected chi connectivity index (χ0v) is 19.6.